The molecule has 3 heterocycles. The highest BCUT2D eigenvalue weighted by atomic mass is 16.3. The molecule has 2 aromatic heterocycles. The van der Waals surface area contributed by atoms with Gasteiger partial charge in [-0.1, -0.05) is 12.2 Å². The predicted octanol–water partition coefficient (Wildman–Crippen LogP) is 2.68. The van der Waals surface area contributed by atoms with Crippen molar-refractivity contribution in [3.8, 4) is 11.8 Å². The molecule has 1 saturated carbocycles. The highest BCUT2D eigenvalue weighted by molar-refractivity contribution is 5.59. The van der Waals surface area contributed by atoms with Gasteiger partial charge in [-0.05, 0) is 43.7 Å². The van der Waals surface area contributed by atoms with Gasteiger partial charge in [0.05, 0.1) is 0 Å². The summed E-state index contributed by atoms with van der Waals surface area (Å²) in [5.41, 5.74) is 2.02. The van der Waals surface area contributed by atoms with Crippen molar-refractivity contribution in [2.45, 2.75) is 37.6 Å². The van der Waals surface area contributed by atoms with E-state index < -0.39 is 0 Å². The van der Waals surface area contributed by atoms with Crippen LogP contribution in [-0.4, -0.2) is 62.4 Å². The molecule has 5 aliphatic rings. The Hall–Kier alpha value is -2.54. The Kier molecular flexibility index (Phi) is 4.26. The molecule has 7 rings (SSSR count). The summed E-state index contributed by atoms with van der Waals surface area (Å²) in [7, 11) is 0. The lowest BCUT2D eigenvalue weighted by atomic mass is 9.73. The summed E-state index contributed by atoms with van der Waals surface area (Å²) in [5.74, 6) is 3.44. The van der Waals surface area contributed by atoms with Crippen LogP contribution in [0.5, 0.6) is 11.8 Å². The quantitative estimate of drug-likeness (QED) is 0.566. The molecule has 2 aromatic rings. The third kappa shape index (κ3) is 2.82. The van der Waals surface area contributed by atoms with Crippen LogP contribution in [-0.2, 0) is 6.54 Å². The summed E-state index contributed by atoms with van der Waals surface area (Å²) in [6.07, 6.45) is 11.3. The lowest BCUT2D eigenvalue weighted by Crippen LogP contribution is -2.47. The van der Waals surface area contributed by atoms with E-state index in [4.69, 9.17) is 0 Å². The van der Waals surface area contributed by atoms with Crippen molar-refractivity contribution in [2.75, 3.05) is 37.6 Å². The van der Waals surface area contributed by atoms with E-state index in [9.17, 15) is 10.2 Å². The normalized spacial score (nSPS) is 29.1. The van der Waals surface area contributed by atoms with Crippen LogP contribution in [0.4, 0.5) is 5.95 Å². The van der Waals surface area contributed by atoms with Crippen molar-refractivity contribution in [1.29, 1.82) is 0 Å². The minimum absolute atomic E-state index is 0.309. The van der Waals surface area contributed by atoms with Crippen molar-refractivity contribution < 1.29 is 10.2 Å². The van der Waals surface area contributed by atoms with Crippen LogP contribution in [0.15, 0.2) is 30.6 Å². The van der Waals surface area contributed by atoms with E-state index in [0.29, 0.717) is 42.0 Å². The molecule has 4 aliphatic carbocycles. The fourth-order valence-electron chi connectivity index (χ4n) is 5.94. The lowest BCUT2D eigenvalue weighted by molar-refractivity contribution is 0.248. The third-order valence-electron chi connectivity index (χ3n) is 7.60. The van der Waals surface area contributed by atoms with Crippen LogP contribution in [0.25, 0.3) is 0 Å². The van der Waals surface area contributed by atoms with Gasteiger partial charge in [0, 0.05) is 68.1 Å². The van der Waals surface area contributed by atoms with Gasteiger partial charge in [-0.25, -0.2) is 9.97 Å². The Morgan fingerprint density at radius 1 is 0.833 bits per heavy atom. The van der Waals surface area contributed by atoms with Crippen molar-refractivity contribution in [2.24, 2.45) is 11.8 Å². The second kappa shape index (κ2) is 7.01. The van der Waals surface area contributed by atoms with Gasteiger partial charge >= 0.3 is 0 Å². The summed E-state index contributed by atoms with van der Waals surface area (Å²) >= 11 is 0. The number of aromatic hydroxyl groups is 2. The van der Waals surface area contributed by atoms with Crippen LogP contribution in [0, 0.1) is 11.8 Å². The number of nitrogens with zero attached hydrogens (tertiary/aromatic N) is 5. The first kappa shape index (κ1) is 18.2. The highest BCUT2D eigenvalue weighted by Crippen LogP contribution is 2.67. The molecule has 1 saturated heterocycles. The predicted molar refractivity (Wildman–Crippen MR) is 114 cm³/mol. The van der Waals surface area contributed by atoms with Crippen molar-refractivity contribution in [3.05, 3.63) is 41.7 Å². The third-order valence-corrected chi connectivity index (χ3v) is 7.60. The minimum atomic E-state index is 0.309. The first-order valence-electron chi connectivity index (χ1n) is 11.3. The number of hydrogen-bond donors (Lipinski definition) is 2. The van der Waals surface area contributed by atoms with Gasteiger partial charge in [0.25, 0.3) is 0 Å². The molecular weight excluding hydrogens is 378 g/mol. The number of piperazine rings is 1. The second-order valence-electron chi connectivity index (χ2n) is 9.21. The van der Waals surface area contributed by atoms with Crippen LogP contribution in [0.1, 0.15) is 42.2 Å². The number of anilines is 1. The molecule has 0 spiro atoms. The smallest absolute Gasteiger partial charge is 0.225 e. The molecule has 2 fully saturated rings. The van der Waals surface area contributed by atoms with E-state index in [0.717, 1.165) is 62.6 Å². The zero-order valence-electron chi connectivity index (χ0n) is 17.2. The van der Waals surface area contributed by atoms with Gasteiger partial charge in [-0.3, -0.25) is 9.47 Å². The van der Waals surface area contributed by atoms with Gasteiger partial charge in [0.2, 0.25) is 5.95 Å². The SMILES string of the molecule is Oc1c2c(c(O)n1CCCCN1CCN(c3ncccn3)CC1)C1C=CC2C2CC12. The molecule has 2 bridgehead atoms. The number of allylic oxidation sites excluding steroid dienone is 2. The van der Waals surface area contributed by atoms with Crippen molar-refractivity contribution >= 4 is 5.95 Å². The largest absolute Gasteiger partial charge is 0.494 e. The molecule has 2 N–H and O–H groups in total. The molecule has 0 amide bonds. The second-order valence-corrected chi connectivity index (χ2v) is 9.21. The molecular formula is C23H29N5O2. The van der Waals surface area contributed by atoms with Crippen LogP contribution in [0.2, 0.25) is 0 Å². The van der Waals surface area contributed by atoms with Gasteiger partial charge in [-0.2, -0.15) is 0 Å². The van der Waals surface area contributed by atoms with Gasteiger partial charge in [-0.15, -0.1) is 0 Å². The average Bonchev–Trinajstić information content (AvgIpc) is 3.57. The fraction of sp³-hybridized carbons (Fsp3) is 0.565. The molecule has 30 heavy (non-hydrogen) atoms. The van der Waals surface area contributed by atoms with Gasteiger partial charge in [0.1, 0.15) is 0 Å². The summed E-state index contributed by atoms with van der Waals surface area (Å²) in [6.45, 7) is 5.66. The Bertz CT molecular complexity index is 922. The maximum absolute atomic E-state index is 10.8. The van der Waals surface area contributed by atoms with Crippen molar-refractivity contribution in [1.82, 2.24) is 19.4 Å². The van der Waals surface area contributed by atoms with Crippen LogP contribution < -0.4 is 4.90 Å². The highest BCUT2D eigenvalue weighted by Gasteiger charge is 2.56. The van der Waals surface area contributed by atoms with E-state index >= 15 is 0 Å². The standard InChI is InChI=1S/C23H29N5O2/c29-21-19-15-4-5-16(18-14-17(15)18)20(19)22(30)28(21)9-2-1-8-26-10-12-27(13-11-26)23-24-6-3-7-25-23/h3-7,15-18,29-30H,1-2,8-14H2. The zero-order chi connectivity index (χ0) is 20.2. The fourth-order valence-corrected chi connectivity index (χ4v) is 5.94. The summed E-state index contributed by atoms with van der Waals surface area (Å²) < 4.78 is 1.76. The molecule has 7 nitrogen and oxygen atoms in total. The number of hydrogen-bond acceptors (Lipinski definition) is 6. The lowest BCUT2D eigenvalue weighted by Gasteiger charge is -2.34. The first-order valence-corrected chi connectivity index (χ1v) is 11.3. The Labute approximate surface area is 176 Å². The molecule has 4 atom stereocenters. The summed E-state index contributed by atoms with van der Waals surface area (Å²) in [5, 5.41) is 21.7. The number of rotatable bonds is 6. The maximum Gasteiger partial charge on any atom is 0.225 e. The van der Waals surface area contributed by atoms with Gasteiger partial charge < -0.3 is 15.1 Å². The molecule has 7 heteroatoms. The molecule has 1 aliphatic heterocycles. The van der Waals surface area contributed by atoms with Crippen molar-refractivity contribution in [3.63, 3.8) is 0 Å². The Morgan fingerprint density at radius 2 is 1.43 bits per heavy atom. The van der Waals surface area contributed by atoms with E-state index in [1.165, 1.54) is 6.42 Å². The minimum Gasteiger partial charge on any atom is -0.494 e. The Balaban J connectivity index is 1.02. The van der Waals surface area contributed by atoms with E-state index in [2.05, 4.69) is 31.9 Å². The number of unbranched alkanes of at least 4 members (excludes halogenated alkanes) is 1. The maximum atomic E-state index is 10.8. The van der Waals surface area contributed by atoms with Crippen LogP contribution >= 0.6 is 0 Å². The summed E-state index contributed by atoms with van der Waals surface area (Å²) in [4.78, 5) is 13.4. The molecule has 158 valence electrons. The summed E-state index contributed by atoms with van der Waals surface area (Å²) in [6, 6.07) is 1.85. The first-order chi connectivity index (χ1) is 14.7. The zero-order valence-corrected chi connectivity index (χ0v) is 17.2. The van der Waals surface area contributed by atoms with Crippen LogP contribution in [0.3, 0.4) is 0 Å². The monoisotopic (exact) mass is 407 g/mol. The molecule has 0 aromatic carbocycles. The average molecular weight is 408 g/mol. The number of aromatic nitrogens is 3. The molecule has 0 radical (unpaired) electrons. The van der Waals surface area contributed by atoms with Gasteiger partial charge in [0.15, 0.2) is 11.8 Å². The Morgan fingerprint density at radius 3 is 2.07 bits per heavy atom. The molecule has 4 unspecified atom stereocenters. The van der Waals surface area contributed by atoms with E-state index in [1.807, 2.05) is 6.07 Å². The topological polar surface area (TPSA) is 77.7 Å². The van der Waals surface area contributed by atoms with E-state index in [-0.39, 0.29) is 0 Å². The van der Waals surface area contributed by atoms with E-state index in [1.54, 1.807) is 17.0 Å².